The summed E-state index contributed by atoms with van der Waals surface area (Å²) in [6.07, 6.45) is 4.81. The molecule has 134 valence electrons. The van der Waals surface area contributed by atoms with E-state index in [1.165, 1.54) is 30.5 Å². The molecule has 0 amide bonds. The van der Waals surface area contributed by atoms with Gasteiger partial charge in [0.2, 0.25) is 0 Å². The lowest BCUT2D eigenvalue weighted by Gasteiger charge is -2.36. The highest BCUT2D eigenvalue weighted by atomic mass is 16.5. The first kappa shape index (κ1) is 18.2. The standard InChI is InChI=1S/C23H31NO/c1-3-18-25-23(21-10-6-4-7-11-21,22-12-8-5-9-13-22)16-17-24(2)19-20-14-15-20/h4-13,20H,3,14-19H2,1-2H3. The van der Waals surface area contributed by atoms with Crippen LogP contribution in [0.15, 0.2) is 60.7 Å². The molecule has 0 atom stereocenters. The number of benzene rings is 2. The maximum absolute atomic E-state index is 6.60. The lowest BCUT2D eigenvalue weighted by molar-refractivity contribution is -0.0294. The van der Waals surface area contributed by atoms with Gasteiger partial charge >= 0.3 is 0 Å². The van der Waals surface area contributed by atoms with Gasteiger partial charge in [-0.15, -0.1) is 0 Å². The third-order valence-electron chi connectivity index (χ3n) is 5.15. The summed E-state index contributed by atoms with van der Waals surface area (Å²) >= 11 is 0. The monoisotopic (exact) mass is 337 g/mol. The maximum Gasteiger partial charge on any atom is 0.119 e. The molecule has 0 aliphatic heterocycles. The van der Waals surface area contributed by atoms with Gasteiger partial charge < -0.3 is 9.64 Å². The van der Waals surface area contributed by atoms with Crippen LogP contribution < -0.4 is 0 Å². The molecule has 0 N–H and O–H groups in total. The van der Waals surface area contributed by atoms with Crippen LogP contribution in [-0.2, 0) is 10.3 Å². The zero-order valence-corrected chi connectivity index (χ0v) is 15.7. The zero-order chi connectivity index (χ0) is 17.5. The first-order chi connectivity index (χ1) is 12.2. The van der Waals surface area contributed by atoms with Gasteiger partial charge in [-0.1, -0.05) is 67.6 Å². The van der Waals surface area contributed by atoms with Crippen molar-refractivity contribution in [1.29, 1.82) is 0 Å². The van der Waals surface area contributed by atoms with Gasteiger partial charge in [-0.3, -0.25) is 0 Å². The van der Waals surface area contributed by atoms with E-state index in [-0.39, 0.29) is 5.60 Å². The van der Waals surface area contributed by atoms with E-state index in [0.29, 0.717) is 0 Å². The largest absolute Gasteiger partial charge is 0.366 e. The summed E-state index contributed by atoms with van der Waals surface area (Å²) in [4.78, 5) is 2.48. The molecule has 0 saturated heterocycles. The second-order valence-corrected chi connectivity index (χ2v) is 7.36. The van der Waals surface area contributed by atoms with Gasteiger partial charge in [0, 0.05) is 19.7 Å². The van der Waals surface area contributed by atoms with Crippen LogP contribution in [0.5, 0.6) is 0 Å². The Hall–Kier alpha value is -1.64. The fraction of sp³-hybridized carbons (Fsp3) is 0.478. The van der Waals surface area contributed by atoms with E-state index in [9.17, 15) is 0 Å². The smallest absolute Gasteiger partial charge is 0.119 e. The van der Waals surface area contributed by atoms with Gasteiger partial charge in [0.25, 0.3) is 0 Å². The second-order valence-electron chi connectivity index (χ2n) is 7.36. The molecule has 0 radical (unpaired) electrons. The Bertz CT molecular complexity index is 582. The molecule has 1 fully saturated rings. The predicted octanol–water partition coefficient (Wildman–Crippen LogP) is 5.09. The molecular weight excluding hydrogens is 306 g/mol. The minimum Gasteiger partial charge on any atom is -0.366 e. The normalized spacial score (nSPS) is 14.8. The van der Waals surface area contributed by atoms with E-state index in [4.69, 9.17) is 4.74 Å². The summed E-state index contributed by atoms with van der Waals surface area (Å²) in [5.41, 5.74) is 2.15. The fourth-order valence-corrected chi connectivity index (χ4v) is 3.57. The highest BCUT2D eigenvalue weighted by Crippen LogP contribution is 2.38. The van der Waals surface area contributed by atoms with Crippen molar-refractivity contribution in [1.82, 2.24) is 4.90 Å². The van der Waals surface area contributed by atoms with Gasteiger partial charge in [0.05, 0.1) is 0 Å². The van der Waals surface area contributed by atoms with Crippen LogP contribution in [0.1, 0.15) is 43.7 Å². The molecule has 3 rings (SSSR count). The van der Waals surface area contributed by atoms with Gasteiger partial charge in [-0.2, -0.15) is 0 Å². The van der Waals surface area contributed by atoms with Crippen molar-refractivity contribution in [3.05, 3.63) is 71.8 Å². The fourth-order valence-electron chi connectivity index (χ4n) is 3.57. The molecule has 2 heteroatoms. The van der Waals surface area contributed by atoms with Crippen LogP contribution in [0.2, 0.25) is 0 Å². The quantitative estimate of drug-likeness (QED) is 0.599. The molecule has 1 aliphatic carbocycles. The highest BCUT2D eigenvalue weighted by Gasteiger charge is 2.35. The van der Waals surface area contributed by atoms with Crippen LogP contribution in [0.3, 0.4) is 0 Å². The number of hydrogen-bond acceptors (Lipinski definition) is 2. The molecule has 0 unspecified atom stereocenters. The lowest BCUT2D eigenvalue weighted by atomic mass is 9.83. The number of hydrogen-bond donors (Lipinski definition) is 0. The molecule has 0 spiro atoms. The third-order valence-corrected chi connectivity index (χ3v) is 5.15. The van der Waals surface area contributed by atoms with Crippen molar-refractivity contribution in [2.24, 2.45) is 5.92 Å². The number of nitrogens with zero attached hydrogens (tertiary/aromatic N) is 1. The van der Waals surface area contributed by atoms with Crippen LogP contribution in [-0.4, -0.2) is 31.6 Å². The van der Waals surface area contributed by atoms with Crippen molar-refractivity contribution in [3.63, 3.8) is 0 Å². The molecule has 0 heterocycles. The summed E-state index contributed by atoms with van der Waals surface area (Å²) in [5.74, 6) is 0.921. The van der Waals surface area contributed by atoms with Crippen molar-refractivity contribution in [2.45, 2.75) is 38.2 Å². The van der Waals surface area contributed by atoms with Crippen molar-refractivity contribution < 1.29 is 4.74 Å². The third kappa shape index (κ3) is 4.71. The minimum atomic E-state index is -0.365. The molecule has 0 aromatic heterocycles. The Morgan fingerprint density at radius 3 is 2.00 bits per heavy atom. The second kappa shape index (κ2) is 8.64. The summed E-state index contributed by atoms with van der Waals surface area (Å²) in [6.45, 7) is 5.22. The SMILES string of the molecule is CCCOC(CCN(C)CC1CC1)(c1ccccc1)c1ccccc1. The Morgan fingerprint density at radius 1 is 0.960 bits per heavy atom. The first-order valence-electron chi connectivity index (χ1n) is 9.68. The Labute approximate surface area is 152 Å². The Balaban J connectivity index is 1.89. The number of ether oxygens (including phenoxy) is 1. The molecule has 25 heavy (non-hydrogen) atoms. The predicted molar refractivity (Wildman–Crippen MR) is 105 cm³/mol. The molecule has 1 aliphatic rings. The highest BCUT2D eigenvalue weighted by molar-refractivity contribution is 5.36. The zero-order valence-electron chi connectivity index (χ0n) is 15.7. The van der Waals surface area contributed by atoms with Crippen molar-refractivity contribution >= 4 is 0 Å². The van der Waals surface area contributed by atoms with Gasteiger partial charge in [-0.05, 0) is 49.8 Å². The van der Waals surface area contributed by atoms with E-state index in [0.717, 1.165) is 31.9 Å². The molecule has 2 aromatic rings. The number of rotatable bonds is 10. The summed E-state index contributed by atoms with van der Waals surface area (Å²) in [7, 11) is 2.25. The van der Waals surface area contributed by atoms with Crippen LogP contribution in [0.25, 0.3) is 0 Å². The summed E-state index contributed by atoms with van der Waals surface area (Å²) < 4.78 is 6.60. The Morgan fingerprint density at radius 2 is 1.52 bits per heavy atom. The van der Waals surface area contributed by atoms with Gasteiger partial charge in [0.15, 0.2) is 0 Å². The average Bonchev–Trinajstić information content (AvgIpc) is 3.48. The van der Waals surface area contributed by atoms with Gasteiger partial charge in [-0.25, -0.2) is 0 Å². The molecule has 1 saturated carbocycles. The first-order valence-corrected chi connectivity index (χ1v) is 9.68. The summed E-state index contributed by atoms with van der Waals surface area (Å²) in [5, 5.41) is 0. The van der Waals surface area contributed by atoms with Crippen molar-refractivity contribution in [3.8, 4) is 0 Å². The molecule has 2 nitrogen and oxygen atoms in total. The molecule has 0 bridgehead atoms. The summed E-state index contributed by atoms with van der Waals surface area (Å²) in [6, 6.07) is 21.5. The topological polar surface area (TPSA) is 12.5 Å². The Kier molecular flexibility index (Phi) is 6.28. The van der Waals surface area contributed by atoms with Crippen LogP contribution in [0, 0.1) is 5.92 Å². The minimum absolute atomic E-state index is 0.365. The van der Waals surface area contributed by atoms with E-state index >= 15 is 0 Å². The molecule has 2 aromatic carbocycles. The average molecular weight is 338 g/mol. The van der Waals surface area contributed by atoms with E-state index in [2.05, 4.69) is 79.5 Å². The van der Waals surface area contributed by atoms with Crippen molar-refractivity contribution in [2.75, 3.05) is 26.7 Å². The van der Waals surface area contributed by atoms with E-state index in [1.807, 2.05) is 0 Å². The van der Waals surface area contributed by atoms with Gasteiger partial charge in [0.1, 0.15) is 5.60 Å². The van der Waals surface area contributed by atoms with E-state index in [1.54, 1.807) is 0 Å². The lowest BCUT2D eigenvalue weighted by Crippen LogP contribution is -2.36. The van der Waals surface area contributed by atoms with E-state index < -0.39 is 0 Å². The van der Waals surface area contributed by atoms with Crippen LogP contribution in [0.4, 0.5) is 0 Å². The maximum atomic E-state index is 6.60. The molecular formula is C23H31NO. The van der Waals surface area contributed by atoms with Crippen LogP contribution >= 0.6 is 0 Å².